The second-order valence-electron chi connectivity index (χ2n) is 8.68. The van der Waals surface area contributed by atoms with E-state index < -0.39 is 9.84 Å². The van der Waals surface area contributed by atoms with Gasteiger partial charge in [0.05, 0.1) is 24.5 Å². The van der Waals surface area contributed by atoms with Crippen molar-refractivity contribution in [1.29, 1.82) is 0 Å². The van der Waals surface area contributed by atoms with Crippen molar-refractivity contribution >= 4 is 21.4 Å². The first-order chi connectivity index (χ1) is 14.4. The van der Waals surface area contributed by atoms with Gasteiger partial charge in [0.15, 0.2) is 0 Å². The van der Waals surface area contributed by atoms with Crippen LogP contribution in [0.3, 0.4) is 0 Å². The summed E-state index contributed by atoms with van der Waals surface area (Å²) in [6, 6.07) is 11.1. The third-order valence-electron chi connectivity index (χ3n) is 6.32. The van der Waals surface area contributed by atoms with Crippen LogP contribution in [-0.4, -0.2) is 66.4 Å². The zero-order chi connectivity index (χ0) is 21.1. The number of hydrogen-bond donors (Lipinski definition) is 0. The fraction of sp³-hybridized carbons (Fsp3) is 0.591. The van der Waals surface area contributed by atoms with Crippen molar-refractivity contribution < 1.29 is 13.2 Å². The first-order valence-electron chi connectivity index (χ1n) is 10.7. The number of rotatable bonds is 6. The zero-order valence-corrected chi connectivity index (χ0v) is 18.9. The van der Waals surface area contributed by atoms with E-state index in [1.165, 1.54) is 11.8 Å². The molecule has 30 heavy (non-hydrogen) atoms. The smallest absolute Gasteiger partial charge is 0.150 e. The number of aromatic nitrogens is 2. The molecule has 4 rings (SSSR count). The molecule has 0 N–H and O–H groups in total. The summed E-state index contributed by atoms with van der Waals surface area (Å²) in [6.45, 7) is 1.23. The van der Waals surface area contributed by atoms with Crippen LogP contribution in [0.25, 0.3) is 0 Å². The minimum absolute atomic E-state index is 0.0831. The maximum atomic E-state index is 11.8. The molecule has 0 bridgehead atoms. The molecule has 164 valence electrons. The number of halogens is 1. The van der Waals surface area contributed by atoms with Gasteiger partial charge in [-0.1, -0.05) is 23.7 Å². The van der Waals surface area contributed by atoms with Crippen LogP contribution in [0.5, 0.6) is 0 Å². The highest BCUT2D eigenvalue weighted by Gasteiger charge is 2.37. The summed E-state index contributed by atoms with van der Waals surface area (Å²) in [5, 5.41) is 5.15. The number of sulfone groups is 1. The van der Waals surface area contributed by atoms with Crippen molar-refractivity contribution in [3.8, 4) is 0 Å². The van der Waals surface area contributed by atoms with E-state index in [0.29, 0.717) is 25.2 Å². The van der Waals surface area contributed by atoms with Crippen molar-refractivity contribution in [2.24, 2.45) is 0 Å². The maximum absolute atomic E-state index is 11.8. The number of hydrogen-bond acceptors (Lipinski definition) is 5. The topological polar surface area (TPSA) is 64.4 Å². The van der Waals surface area contributed by atoms with Gasteiger partial charge in [-0.25, -0.2) is 8.42 Å². The molecule has 0 amide bonds. The SMILES string of the molecule is CS(=O)(=O)C[C@H]1CN(C2CCC(n3cccn3)CC2)[C@@H](Cc2ccc(Cl)cc2)CO1. The van der Waals surface area contributed by atoms with Gasteiger partial charge in [0.1, 0.15) is 9.84 Å². The van der Waals surface area contributed by atoms with E-state index in [1.54, 1.807) is 0 Å². The Labute approximate surface area is 184 Å². The first kappa shape index (κ1) is 21.8. The molecule has 8 heteroatoms. The second kappa shape index (κ2) is 9.39. The number of nitrogens with zero attached hydrogens (tertiary/aromatic N) is 3. The molecule has 1 saturated heterocycles. The van der Waals surface area contributed by atoms with Gasteiger partial charge in [0, 0.05) is 42.3 Å². The molecule has 1 aromatic carbocycles. The highest BCUT2D eigenvalue weighted by Crippen LogP contribution is 2.33. The van der Waals surface area contributed by atoms with Gasteiger partial charge < -0.3 is 4.74 Å². The van der Waals surface area contributed by atoms with Crippen molar-refractivity contribution in [3.63, 3.8) is 0 Å². The Kier molecular flexibility index (Phi) is 6.82. The van der Waals surface area contributed by atoms with Gasteiger partial charge in [-0.3, -0.25) is 9.58 Å². The Morgan fingerprint density at radius 2 is 1.83 bits per heavy atom. The van der Waals surface area contributed by atoms with E-state index in [0.717, 1.165) is 37.1 Å². The third-order valence-corrected chi connectivity index (χ3v) is 7.54. The summed E-state index contributed by atoms with van der Waals surface area (Å²) < 4.78 is 31.8. The Balaban J connectivity index is 1.46. The number of benzene rings is 1. The maximum Gasteiger partial charge on any atom is 0.150 e. The van der Waals surface area contributed by atoms with Gasteiger partial charge >= 0.3 is 0 Å². The Hall–Kier alpha value is -1.41. The molecule has 0 unspecified atom stereocenters. The van der Waals surface area contributed by atoms with Gasteiger partial charge in [0.2, 0.25) is 0 Å². The molecule has 2 fully saturated rings. The largest absolute Gasteiger partial charge is 0.374 e. The molecule has 1 aromatic heterocycles. The van der Waals surface area contributed by atoms with Crippen LogP contribution in [-0.2, 0) is 21.0 Å². The van der Waals surface area contributed by atoms with E-state index in [2.05, 4.69) is 26.8 Å². The normalized spacial score (nSPS) is 28.5. The van der Waals surface area contributed by atoms with Gasteiger partial charge in [-0.2, -0.15) is 5.10 Å². The fourth-order valence-corrected chi connectivity index (χ4v) is 5.89. The summed E-state index contributed by atoms with van der Waals surface area (Å²) in [7, 11) is -3.08. The zero-order valence-electron chi connectivity index (χ0n) is 17.4. The summed E-state index contributed by atoms with van der Waals surface area (Å²) >= 11 is 6.04. The van der Waals surface area contributed by atoms with E-state index in [4.69, 9.17) is 16.3 Å². The number of morpholine rings is 1. The summed E-state index contributed by atoms with van der Waals surface area (Å²) in [6.07, 6.45) is 10.2. The van der Waals surface area contributed by atoms with Crippen LogP contribution in [0, 0.1) is 0 Å². The molecule has 2 atom stereocenters. The van der Waals surface area contributed by atoms with Crippen LogP contribution in [0.2, 0.25) is 5.02 Å². The Bertz CT molecular complexity index is 910. The molecule has 1 aliphatic carbocycles. The van der Waals surface area contributed by atoms with E-state index in [1.807, 2.05) is 30.6 Å². The van der Waals surface area contributed by atoms with Crippen LogP contribution >= 0.6 is 11.6 Å². The van der Waals surface area contributed by atoms with Crippen molar-refractivity contribution in [3.05, 3.63) is 53.3 Å². The van der Waals surface area contributed by atoms with Crippen LogP contribution in [0.1, 0.15) is 37.3 Å². The van der Waals surface area contributed by atoms with E-state index in [9.17, 15) is 8.42 Å². The summed E-state index contributed by atoms with van der Waals surface area (Å²) in [4.78, 5) is 2.52. The van der Waals surface area contributed by atoms with E-state index in [-0.39, 0.29) is 17.9 Å². The average Bonchev–Trinajstić information content (AvgIpc) is 3.25. The van der Waals surface area contributed by atoms with Gasteiger partial charge in [0.25, 0.3) is 0 Å². The molecule has 1 saturated carbocycles. The molecule has 2 aliphatic rings. The predicted octanol–water partition coefficient (Wildman–Crippen LogP) is 3.38. The quantitative estimate of drug-likeness (QED) is 0.673. The monoisotopic (exact) mass is 451 g/mol. The van der Waals surface area contributed by atoms with Crippen LogP contribution in [0.15, 0.2) is 42.7 Å². The molecule has 0 spiro atoms. The highest BCUT2D eigenvalue weighted by molar-refractivity contribution is 7.90. The van der Waals surface area contributed by atoms with Gasteiger partial charge in [-0.05, 0) is 55.9 Å². The molecular formula is C22H30ClN3O3S. The molecule has 1 aliphatic heterocycles. The molecule has 0 radical (unpaired) electrons. The molecular weight excluding hydrogens is 422 g/mol. The van der Waals surface area contributed by atoms with Crippen molar-refractivity contribution in [1.82, 2.24) is 14.7 Å². The summed E-state index contributed by atoms with van der Waals surface area (Å²) in [5.74, 6) is 0.0831. The minimum Gasteiger partial charge on any atom is -0.374 e. The minimum atomic E-state index is -3.08. The fourth-order valence-electron chi connectivity index (χ4n) is 4.89. The lowest BCUT2D eigenvalue weighted by molar-refractivity contribution is -0.0765. The lowest BCUT2D eigenvalue weighted by atomic mass is 9.88. The third kappa shape index (κ3) is 5.63. The lowest BCUT2D eigenvalue weighted by Crippen LogP contribution is -2.56. The Morgan fingerprint density at radius 1 is 1.13 bits per heavy atom. The highest BCUT2D eigenvalue weighted by atomic mass is 35.5. The molecule has 6 nitrogen and oxygen atoms in total. The molecule has 2 heterocycles. The second-order valence-corrected chi connectivity index (χ2v) is 11.3. The first-order valence-corrected chi connectivity index (χ1v) is 13.1. The standard InChI is InChI=1S/C22H30ClN3O3S/c1-30(27,28)16-22-14-25(19-7-9-20(10-8-19)26-12-2-11-24-26)21(15-29-22)13-17-3-5-18(23)6-4-17/h2-6,11-12,19-22H,7-10,13-16H2,1H3/t19?,20?,21-,22+/m0/s1. The lowest BCUT2D eigenvalue weighted by Gasteiger charge is -2.46. The number of ether oxygens (including phenoxy) is 1. The van der Waals surface area contributed by atoms with E-state index >= 15 is 0 Å². The van der Waals surface area contributed by atoms with Gasteiger partial charge in [-0.15, -0.1) is 0 Å². The predicted molar refractivity (Wildman–Crippen MR) is 119 cm³/mol. The van der Waals surface area contributed by atoms with Crippen molar-refractivity contribution in [2.45, 2.75) is 56.3 Å². The Morgan fingerprint density at radius 3 is 2.47 bits per heavy atom. The molecule has 2 aromatic rings. The summed E-state index contributed by atoms with van der Waals surface area (Å²) in [5.41, 5.74) is 1.23. The van der Waals surface area contributed by atoms with Crippen molar-refractivity contribution in [2.75, 3.05) is 25.2 Å². The van der Waals surface area contributed by atoms with Crippen LogP contribution in [0.4, 0.5) is 0 Å². The average molecular weight is 452 g/mol. The van der Waals surface area contributed by atoms with Crippen LogP contribution < -0.4 is 0 Å².